The molecular formula is C11H11N3O3. The highest BCUT2D eigenvalue weighted by atomic mass is 16.5. The molecule has 0 aliphatic rings. The first-order valence-electron chi connectivity index (χ1n) is 4.94. The summed E-state index contributed by atoms with van der Waals surface area (Å²) in [5.41, 5.74) is 1.01. The molecular weight excluding hydrogens is 222 g/mol. The molecule has 0 aliphatic heterocycles. The zero-order valence-electron chi connectivity index (χ0n) is 9.43. The van der Waals surface area contributed by atoms with Crippen LogP contribution in [0.25, 0.3) is 0 Å². The van der Waals surface area contributed by atoms with Gasteiger partial charge in [-0.2, -0.15) is 0 Å². The third-order valence-corrected chi connectivity index (χ3v) is 2.08. The third kappa shape index (κ3) is 2.60. The molecule has 1 N–H and O–H groups in total. The summed E-state index contributed by atoms with van der Waals surface area (Å²) in [7, 11) is 1.45. The highest BCUT2D eigenvalue weighted by molar-refractivity contribution is 6.01. The van der Waals surface area contributed by atoms with Gasteiger partial charge in [0, 0.05) is 6.20 Å². The Bertz CT molecular complexity index is 536. The van der Waals surface area contributed by atoms with Crippen molar-refractivity contribution >= 4 is 11.7 Å². The van der Waals surface area contributed by atoms with Gasteiger partial charge in [0.1, 0.15) is 5.82 Å². The van der Waals surface area contributed by atoms with Crippen LogP contribution in [0.5, 0.6) is 5.88 Å². The van der Waals surface area contributed by atoms with Gasteiger partial charge in [-0.15, -0.1) is 0 Å². The number of aryl methyl sites for hydroxylation is 1. The average Bonchev–Trinajstić information content (AvgIpc) is 2.77. The molecule has 0 atom stereocenters. The van der Waals surface area contributed by atoms with Crippen molar-refractivity contribution in [3.63, 3.8) is 0 Å². The van der Waals surface area contributed by atoms with Crippen molar-refractivity contribution in [3.05, 3.63) is 35.7 Å². The predicted molar refractivity (Wildman–Crippen MR) is 60.0 cm³/mol. The molecule has 6 nitrogen and oxygen atoms in total. The summed E-state index contributed by atoms with van der Waals surface area (Å²) in [4.78, 5) is 15.7. The summed E-state index contributed by atoms with van der Waals surface area (Å²) in [6.45, 7) is 1.91. The van der Waals surface area contributed by atoms with Crippen LogP contribution in [-0.2, 0) is 0 Å². The molecule has 17 heavy (non-hydrogen) atoms. The minimum Gasteiger partial charge on any atom is -0.479 e. The summed E-state index contributed by atoms with van der Waals surface area (Å²) >= 11 is 0. The number of ether oxygens (including phenoxy) is 1. The van der Waals surface area contributed by atoms with E-state index in [9.17, 15) is 4.79 Å². The van der Waals surface area contributed by atoms with E-state index in [4.69, 9.17) is 9.26 Å². The molecule has 0 fully saturated rings. The number of anilines is 1. The predicted octanol–water partition coefficient (Wildman–Crippen LogP) is 1.64. The number of nitrogens with one attached hydrogen (secondary N) is 1. The molecule has 0 spiro atoms. The van der Waals surface area contributed by atoms with Gasteiger partial charge in [-0.05, 0) is 29.8 Å². The zero-order valence-corrected chi connectivity index (χ0v) is 9.43. The van der Waals surface area contributed by atoms with Crippen LogP contribution in [-0.4, -0.2) is 23.2 Å². The molecule has 0 radical (unpaired) electrons. The number of nitrogens with zero attached hydrogens (tertiary/aromatic N) is 2. The maximum Gasteiger partial charge on any atom is 0.295 e. The standard InChI is InChI=1S/C11H11N3O3/c1-7-3-4-12-9(5-7)13-11(15)8-6-10(16-2)14-17-8/h3-6H,1-2H3,(H,12,13,15). The molecule has 0 bridgehead atoms. The second-order valence-corrected chi connectivity index (χ2v) is 3.41. The summed E-state index contributed by atoms with van der Waals surface area (Å²) in [6.07, 6.45) is 1.62. The fraction of sp³-hybridized carbons (Fsp3) is 0.182. The lowest BCUT2D eigenvalue weighted by Gasteiger charge is -2.01. The lowest BCUT2D eigenvalue weighted by atomic mass is 10.3. The van der Waals surface area contributed by atoms with E-state index in [2.05, 4.69) is 15.5 Å². The fourth-order valence-electron chi connectivity index (χ4n) is 1.24. The van der Waals surface area contributed by atoms with E-state index >= 15 is 0 Å². The number of hydrogen-bond acceptors (Lipinski definition) is 5. The quantitative estimate of drug-likeness (QED) is 0.871. The van der Waals surface area contributed by atoms with Crippen LogP contribution in [0.2, 0.25) is 0 Å². The molecule has 0 aromatic carbocycles. The Hall–Kier alpha value is -2.37. The summed E-state index contributed by atoms with van der Waals surface area (Å²) in [5, 5.41) is 6.13. The van der Waals surface area contributed by atoms with Gasteiger partial charge in [0.2, 0.25) is 5.76 Å². The maximum atomic E-state index is 11.7. The van der Waals surface area contributed by atoms with E-state index < -0.39 is 5.91 Å². The van der Waals surface area contributed by atoms with Crippen LogP contribution in [0.1, 0.15) is 16.1 Å². The number of carbonyl (C=O) groups is 1. The number of pyridine rings is 1. The largest absolute Gasteiger partial charge is 0.479 e. The summed E-state index contributed by atoms with van der Waals surface area (Å²) < 4.78 is 9.62. The number of hydrogen-bond donors (Lipinski definition) is 1. The molecule has 0 aliphatic carbocycles. The molecule has 2 heterocycles. The first-order chi connectivity index (χ1) is 8.19. The lowest BCUT2D eigenvalue weighted by Crippen LogP contribution is -2.12. The van der Waals surface area contributed by atoms with Crippen LogP contribution in [0.4, 0.5) is 5.82 Å². The Morgan fingerprint density at radius 3 is 2.94 bits per heavy atom. The minimum absolute atomic E-state index is 0.0742. The van der Waals surface area contributed by atoms with Crippen molar-refractivity contribution in [2.45, 2.75) is 6.92 Å². The second-order valence-electron chi connectivity index (χ2n) is 3.41. The Morgan fingerprint density at radius 2 is 2.29 bits per heavy atom. The van der Waals surface area contributed by atoms with Gasteiger partial charge in [-0.3, -0.25) is 4.79 Å². The normalized spacial score (nSPS) is 10.0. The molecule has 2 aromatic rings. The average molecular weight is 233 g/mol. The van der Waals surface area contributed by atoms with Gasteiger partial charge in [0.05, 0.1) is 13.2 Å². The van der Waals surface area contributed by atoms with E-state index in [1.807, 2.05) is 13.0 Å². The maximum absolute atomic E-state index is 11.7. The van der Waals surface area contributed by atoms with Crippen LogP contribution < -0.4 is 10.1 Å². The van der Waals surface area contributed by atoms with Crippen molar-refractivity contribution in [2.75, 3.05) is 12.4 Å². The van der Waals surface area contributed by atoms with Gasteiger partial charge < -0.3 is 14.6 Å². The van der Waals surface area contributed by atoms with Crippen molar-refractivity contribution in [2.24, 2.45) is 0 Å². The van der Waals surface area contributed by atoms with Gasteiger partial charge in [0.15, 0.2) is 0 Å². The van der Waals surface area contributed by atoms with Crippen LogP contribution in [0, 0.1) is 6.92 Å². The Balaban J connectivity index is 2.11. The van der Waals surface area contributed by atoms with E-state index in [0.717, 1.165) is 5.56 Å². The van der Waals surface area contributed by atoms with Crippen LogP contribution >= 0.6 is 0 Å². The van der Waals surface area contributed by atoms with Crippen LogP contribution in [0.3, 0.4) is 0 Å². The summed E-state index contributed by atoms with van der Waals surface area (Å²) in [6, 6.07) is 5.00. The highest BCUT2D eigenvalue weighted by Gasteiger charge is 2.13. The van der Waals surface area contributed by atoms with Crippen molar-refractivity contribution in [1.82, 2.24) is 10.1 Å². The number of carbonyl (C=O) groups excluding carboxylic acids is 1. The van der Waals surface area contributed by atoms with E-state index in [0.29, 0.717) is 5.82 Å². The molecule has 6 heteroatoms. The van der Waals surface area contributed by atoms with Gasteiger partial charge >= 0.3 is 0 Å². The van der Waals surface area contributed by atoms with E-state index in [1.165, 1.54) is 13.2 Å². The van der Waals surface area contributed by atoms with Gasteiger partial charge in [-0.1, -0.05) is 0 Å². The molecule has 2 rings (SSSR count). The van der Waals surface area contributed by atoms with Crippen molar-refractivity contribution in [3.8, 4) is 5.88 Å². The van der Waals surface area contributed by atoms with E-state index in [1.54, 1.807) is 12.3 Å². The SMILES string of the molecule is COc1cc(C(=O)Nc2cc(C)ccn2)on1. The topological polar surface area (TPSA) is 77.2 Å². The smallest absolute Gasteiger partial charge is 0.295 e. The molecule has 0 unspecified atom stereocenters. The monoisotopic (exact) mass is 233 g/mol. The van der Waals surface area contributed by atoms with Crippen molar-refractivity contribution < 1.29 is 14.1 Å². The van der Waals surface area contributed by atoms with Gasteiger partial charge in [0.25, 0.3) is 11.8 Å². The first kappa shape index (κ1) is 11.1. The Labute approximate surface area is 97.6 Å². The second kappa shape index (κ2) is 4.65. The molecule has 1 amide bonds. The number of amides is 1. The number of aromatic nitrogens is 2. The van der Waals surface area contributed by atoms with Gasteiger partial charge in [-0.25, -0.2) is 4.98 Å². The molecule has 0 saturated carbocycles. The molecule has 2 aromatic heterocycles. The first-order valence-corrected chi connectivity index (χ1v) is 4.94. The van der Waals surface area contributed by atoms with Crippen LogP contribution in [0.15, 0.2) is 28.9 Å². The number of methoxy groups -OCH3 is 1. The minimum atomic E-state index is -0.418. The zero-order chi connectivity index (χ0) is 12.3. The lowest BCUT2D eigenvalue weighted by molar-refractivity contribution is 0.0987. The number of rotatable bonds is 3. The molecule has 0 saturated heterocycles. The Morgan fingerprint density at radius 1 is 1.47 bits per heavy atom. The Kier molecular flexibility index (Phi) is 3.04. The third-order valence-electron chi connectivity index (χ3n) is 2.08. The molecule has 88 valence electrons. The summed E-state index contributed by atoms with van der Waals surface area (Å²) in [5.74, 6) is 0.377. The van der Waals surface area contributed by atoms with E-state index in [-0.39, 0.29) is 11.6 Å². The van der Waals surface area contributed by atoms with Crippen molar-refractivity contribution in [1.29, 1.82) is 0 Å². The fourth-order valence-corrected chi connectivity index (χ4v) is 1.24. The highest BCUT2D eigenvalue weighted by Crippen LogP contribution is 2.12.